The molecule has 27 heavy (non-hydrogen) atoms. The summed E-state index contributed by atoms with van der Waals surface area (Å²) in [5.74, 6) is 0.853. The largest absolute Gasteiger partial charge is 0.408 e. The summed E-state index contributed by atoms with van der Waals surface area (Å²) in [5, 5.41) is 8.36. The van der Waals surface area contributed by atoms with E-state index in [2.05, 4.69) is 28.9 Å². The molecule has 1 atom stereocenters. The van der Waals surface area contributed by atoms with Crippen LogP contribution in [-0.4, -0.2) is 70.7 Å². The Morgan fingerprint density at radius 3 is 2.56 bits per heavy atom. The second-order valence-corrected chi connectivity index (χ2v) is 8.93. The van der Waals surface area contributed by atoms with Gasteiger partial charge in [0.05, 0.1) is 0 Å². The minimum Gasteiger partial charge on any atom is -0.408 e. The van der Waals surface area contributed by atoms with Gasteiger partial charge in [0.1, 0.15) is 6.04 Å². The third kappa shape index (κ3) is 6.60. The van der Waals surface area contributed by atoms with Crippen molar-refractivity contribution in [3.8, 4) is 0 Å². The van der Waals surface area contributed by atoms with E-state index in [1.807, 2.05) is 14.1 Å². The Hall–Kier alpha value is -1.41. The molecular weight excluding hydrogens is 364 g/mol. The highest BCUT2D eigenvalue weighted by Crippen LogP contribution is 2.27. The van der Waals surface area contributed by atoms with Crippen molar-refractivity contribution in [1.29, 1.82) is 0 Å². The molecule has 1 saturated carbocycles. The number of nitrogens with zero attached hydrogens (tertiary/aromatic N) is 4. The van der Waals surface area contributed by atoms with E-state index < -0.39 is 6.04 Å². The average molecular weight is 397 g/mol. The first-order valence-corrected chi connectivity index (χ1v) is 10.8. The van der Waals surface area contributed by atoms with E-state index in [0.29, 0.717) is 11.6 Å². The van der Waals surface area contributed by atoms with E-state index in [0.717, 1.165) is 44.4 Å². The molecule has 7 nitrogen and oxygen atoms in total. The van der Waals surface area contributed by atoms with Crippen LogP contribution in [0.4, 0.5) is 0 Å². The third-order valence-corrected chi connectivity index (χ3v) is 5.66. The highest BCUT2D eigenvalue weighted by molar-refractivity contribution is 7.99. The highest BCUT2D eigenvalue weighted by atomic mass is 32.2. The van der Waals surface area contributed by atoms with Gasteiger partial charge in [-0.3, -0.25) is 9.59 Å². The maximum Gasteiger partial charge on any atom is 0.286 e. The van der Waals surface area contributed by atoms with Crippen LogP contribution in [0.25, 0.3) is 0 Å². The molecule has 1 unspecified atom stereocenters. The van der Waals surface area contributed by atoms with Gasteiger partial charge in [-0.2, -0.15) is 0 Å². The molecule has 2 rings (SSSR count). The number of hydrogen-bond acceptors (Lipinski definition) is 7. The van der Waals surface area contributed by atoms with E-state index in [4.69, 9.17) is 4.42 Å². The lowest BCUT2D eigenvalue weighted by atomic mass is 9.91. The van der Waals surface area contributed by atoms with Crippen LogP contribution in [-0.2, 0) is 4.79 Å². The van der Waals surface area contributed by atoms with Crippen LogP contribution in [0.1, 0.15) is 63.1 Å². The molecule has 1 heterocycles. The minimum atomic E-state index is -0.536. The first-order chi connectivity index (χ1) is 12.9. The fraction of sp³-hybridized carbons (Fsp3) is 0.789. The summed E-state index contributed by atoms with van der Waals surface area (Å²) in [6.07, 6.45) is 6.74. The van der Waals surface area contributed by atoms with Crippen molar-refractivity contribution < 1.29 is 14.0 Å². The summed E-state index contributed by atoms with van der Waals surface area (Å²) in [7, 11) is 4.00. The molecule has 0 radical (unpaired) electrons. The fourth-order valence-corrected chi connectivity index (χ4v) is 4.30. The summed E-state index contributed by atoms with van der Waals surface area (Å²) in [6.45, 7) is 4.99. The molecule has 0 aliphatic heterocycles. The molecule has 0 aromatic carbocycles. The van der Waals surface area contributed by atoms with Crippen molar-refractivity contribution in [1.82, 2.24) is 20.0 Å². The Morgan fingerprint density at radius 1 is 1.26 bits per heavy atom. The second-order valence-electron chi connectivity index (χ2n) is 7.88. The monoisotopic (exact) mass is 396 g/mol. The predicted molar refractivity (Wildman–Crippen MR) is 106 cm³/mol. The summed E-state index contributed by atoms with van der Waals surface area (Å²) >= 11 is 1.44. The van der Waals surface area contributed by atoms with E-state index in [9.17, 15) is 9.59 Å². The minimum absolute atomic E-state index is 0.00987. The van der Waals surface area contributed by atoms with Gasteiger partial charge in [-0.1, -0.05) is 44.9 Å². The molecule has 1 fully saturated rings. The Morgan fingerprint density at radius 2 is 1.96 bits per heavy atom. The molecular formula is C19H32N4O3S. The quantitative estimate of drug-likeness (QED) is 0.323. The molecule has 1 aromatic rings. The van der Waals surface area contributed by atoms with E-state index >= 15 is 0 Å². The van der Waals surface area contributed by atoms with Crippen molar-refractivity contribution in [2.24, 2.45) is 5.92 Å². The fourth-order valence-electron chi connectivity index (χ4n) is 3.43. The molecule has 1 amide bonds. The summed E-state index contributed by atoms with van der Waals surface area (Å²) in [5.41, 5.74) is 0. The van der Waals surface area contributed by atoms with Gasteiger partial charge in [0.2, 0.25) is 12.2 Å². The van der Waals surface area contributed by atoms with Crippen molar-refractivity contribution in [2.75, 3.05) is 26.4 Å². The standard InChI is InChI=1S/C19H32N4O3S/c1-14(2)12-16(23(13-24)15-8-6-5-7-9-15)17(25)18-20-21-19(26-18)27-11-10-22(3)4/h13-16H,5-12H2,1-4H3. The molecule has 0 saturated heterocycles. The molecule has 0 N–H and O–H groups in total. The number of hydrogen-bond donors (Lipinski definition) is 0. The molecule has 152 valence electrons. The smallest absolute Gasteiger partial charge is 0.286 e. The Kier molecular flexibility index (Phi) is 8.76. The SMILES string of the molecule is CC(C)CC(C(=O)c1nnc(SCCN(C)C)o1)N(C=O)C1CCCCC1. The number of amides is 1. The molecule has 0 spiro atoms. The average Bonchev–Trinajstić information content (AvgIpc) is 3.10. The summed E-state index contributed by atoms with van der Waals surface area (Å²) in [6, 6.07) is -0.411. The van der Waals surface area contributed by atoms with Gasteiger partial charge in [0.25, 0.3) is 11.1 Å². The molecule has 1 aliphatic carbocycles. The Bertz CT molecular complexity index is 600. The number of Topliss-reactive ketones (excluding diaryl/α,β-unsaturated/α-hetero) is 1. The normalized spacial score (nSPS) is 16.7. The first kappa shape index (κ1) is 21.9. The number of ketones is 1. The number of carbonyl (C=O) groups excluding carboxylic acids is 2. The zero-order valence-electron chi connectivity index (χ0n) is 16.9. The van der Waals surface area contributed by atoms with Crippen molar-refractivity contribution in [3.63, 3.8) is 0 Å². The number of carbonyl (C=O) groups is 2. The van der Waals surface area contributed by atoms with Crippen molar-refractivity contribution in [2.45, 2.75) is 69.7 Å². The summed E-state index contributed by atoms with van der Waals surface area (Å²) in [4.78, 5) is 28.8. The number of thioether (sulfide) groups is 1. The number of aromatic nitrogens is 2. The Balaban J connectivity index is 2.11. The Labute approximate surface area is 166 Å². The molecule has 0 bridgehead atoms. The van der Waals surface area contributed by atoms with E-state index in [1.54, 1.807) is 4.90 Å². The predicted octanol–water partition coefficient (Wildman–Crippen LogP) is 3.11. The van der Waals surface area contributed by atoms with E-state index in [1.165, 1.54) is 18.2 Å². The number of rotatable bonds is 11. The van der Waals surface area contributed by atoms with Gasteiger partial charge in [-0.15, -0.1) is 10.2 Å². The van der Waals surface area contributed by atoms with E-state index in [-0.39, 0.29) is 23.6 Å². The van der Waals surface area contributed by atoms with Gasteiger partial charge in [0, 0.05) is 18.3 Å². The zero-order valence-corrected chi connectivity index (χ0v) is 17.7. The summed E-state index contributed by atoms with van der Waals surface area (Å²) < 4.78 is 5.60. The maximum atomic E-state index is 13.1. The van der Waals surface area contributed by atoms with Crippen molar-refractivity contribution >= 4 is 24.0 Å². The van der Waals surface area contributed by atoms with Gasteiger partial charge in [-0.05, 0) is 39.3 Å². The lowest BCUT2D eigenvalue weighted by Gasteiger charge is -2.36. The molecule has 8 heteroatoms. The highest BCUT2D eigenvalue weighted by Gasteiger charge is 2.35. The lowest BCUT2D eigenvalue weighted by Crippen LogP contribution is -2.48. The maximum absolute atomic E-state index is 13.1. The second kappa shape index (κ2) is 10.8. The van der Waals surface area contributed by atoms with Crippen LogP contribution in [0.5, 0.6) is 0 Å². The van der Waals surface area contributed by atoms with Crippen molar-refractivity contribution in [3.05, 3.63) is 5.89 Å². The lowest BCUT2D eigenvalue weighted by molar-refractivity contribution is -0.122. The molecule has 1 aliphatic rings. The van der Waals surface area contributed by atoms with Crippen LogP contribution in [0.2, 0.25) is 0 Å². The zero-order chi connectivity index (χ0) is 19.8. The topological polar surface area (TPSA) is 79.5 Å². The van der Waals surface area contributed by atoms with Crippen LogP contribution < -0.4 is 0 Å². The van der Waals surface area contributed by atoms with Crippen LogP contribution in [0.3, 0.4) is 0 Å². The van der Waals surface area contributed by atoms with Gasteiger partial charge in [-0.25, -0.2) is 0 Å². The van der Waals surface area contributed by atoms with Gasteiger partial charge >= 0.3 is 0 Å². The van der Waals surface area contributed by atoms with Crippen LogP contribution in [0.15, 0.2) is 9.64 Å². The molecule has 1 aromatic heterocycles. The third-order valence-electron chi connectivity index (χ3n) is 4.86. The first-order valence-electron chi connectivity index (χ1n) is 9.80. The van der Waals surface area contributed by atoms with Crippen LogP contribution >= 0.6 is 11.8 Å². The van der Waals surface area contributed by atoms with Crippen LogP contribution in [0, 0.1) is 5.92 Å². The van der Waals surface area contributed by atoms with Gasteiger partial charge < -0.3 is 14.2 Å². The van der Waals surface area contributed by atoms with Gasteiger partial charge in [0.15, 0.2) is 0 Å².